The summed E-state index contributed by atoms with van der Waals surface area (Å²) in [5.74, 6) is -1.00. The lowest BCUT2D eigenvalue weighted by molar-refractivity contribution is -0.124. The van der Waals surface area contributed by atoms with Gasteiger partial charge in [-0.05, 0) is 60.2 Å². The first-order valence-corrected chi connectivity index (χ1v) is 8.95. The smallest absolute Gasteiger partial charge is 0.267 e. The van der Waals surface area contributed by atoms with Crippen molar-refractivity contribution in [2.45, 2.75) is 19.3 Å². The molecule has 0 bridgehead atoms. The van der Waals surface area contributed by atoms with Gasteiger partial charge in [-0.3, -0.25) is 14.8 Å². The zero-order valence-corrected chi connectivity index (χ0v) is 15.0. The molecule has 6 nitrogen and oxygen atoms in total. The Balaban J connectivity index is 1.80. The Hall–Kier alpha value is -3.12. The van der Waals surface area contributed by atoms with Crippen molar-refractivity contribution in [3.05, 3.63) is 70.8 Å². The van der Waals surface area contributed by atoms with Crippen molar-refractivity contribution in [1.29, 1.82) is 0 Å². The molecule has 140 valence electrons. The quantitative estimate of drug-likeness (QED) is 0.416. The average molecular weight is 365 g/mol. The number of hydroxylamine groups is 1. The summed E-state index contributed by atoms with van der Waals surface area (Å²) in [6, 6.07) is 13.5. The van der Waals surface area contributed by atoms with E-state index in [-0.39, 0.29) is 0 Å². The molecule has 1 aliphatic heterocycles. The van der Waals surface area contributed by atoms with Crippen LogP contribution in [0.1, 0.15) is 39.9 Å². The van der Waals surface area contributed by atoms with Crippen LogP contribution in [0.2, 0.25) is 0 Å². The van der Waals surface area contributed by atoms with Gasteiger partial charge < -0.3 is 10.6 Å². The molecule has 1 saturated heterocycles. The molecule has 3 rings (SSSR count). The molecular weight excluding hydrogens is 342 g/mol. The molecule has 0 atom stereocenters. The first kappa shape index (κ1) is 18.7. The van der Waals surface area contributed by atoms with Crippen molar-refractivity contribution >= 4 is 23.6 Å². The van der Waals surface area contributed by atoms with E-state index in [1.807, 2.05) is 36.4 Å². The van der Waals surface area contributed by atoms with Crippen LogP contribution >= 0.6 is 0 Å². The number of nitrogens with zero attached hydrogens (tertiary/aromatic N) is 1. The fourth-order valence-electron chi connectivity index (χ4n) is 3.31. The van der Waals surface area contributed by atoms with E-state index in [0.29, 0.717) is 12.0 Å². The maximum atomic E-state index is 11.8. The second-order valence-corrected chi connectivity index (χ2v) is 6.63. The van der Waals surface area contributed by atoms with Crippen molar-refractivity contribution in [2.75, 3.05) is 18.0 Å². The predicted octanol–water partition coefficient (Wildman–Crippen LogP) is 2.50. The highest BCUT2D eigenvalue weighted by atomic mass is 16.5. The molecule has 2 amide bonds. The number of amides is 2. The van der Waals surface area contributed by atoms with E-state index in [1.165, 1.54) is 18.9 Å². The van der Waals surface area contributed by atoms with Gasteiger partial charge >= 0.3 is 0 Å². The number of nitrogens with one attached hydrogen (secondary N) is 1. The van der Waals surface area contributed by atoms with E-state index < -0.39 is 11.8 Å². The fraction of sp³-hybridized carbons (Fsp3) is 0.238. The molecule has 27 heavy (non-hydrogen) atoms. The van der Waals surface area contributed by atoms with E-state index in [0.717, 1.165) is 35.5 Å². The molecule has 2 aromatic carbocycles. The van der Waals surface area contributed by atoms with Crippen molar-refractivity contribution in [3.8, 4) is 0 Å². The van der Waals surface area contributed by atoms with Gasteiger partial charge in [-0.15, -0.1) is 0 Å². The van der Waals surface area contributed by atoms with Crippen LogP contribution < -0.4 is 16.1 Å². The summed E-state index contributed by atoms with van der Waals surface area (Å²) in [6.45, 7) is 2.08. The number of hydrogen-bond acceptors (Lipinski definition) is 4. The number of nitrogens with two attached hydrogens (primary N) is 1. The Morgan fingerprint density at radius 1 is 1.11 bits per heavy atom. The van der Waals surface area contributed by atoms with Crippen LogP contribution in [-0.2, 0) is 11.2 Å². The molecule has 1 heterocycles. The van der Waals surface area contributed by atoms with Crippen LogP contribution in [0.15, 0.2) is 48.5 Å². The van der Waals surface area contributed by atoms with Crippen molar-refractivity contribution in [1.82, 2.24) is 5.48 Å². The van der Waals surface area contributed by atoms with Gasteiger partial charge in [0.05, 0.1) is 0 Å². The minimum Gasteiger partial charge on any atom is -0.372 e. The minimum absolute atomic E-state index is 0.424. The number of carbonyl (C=O) groups is 2. The highest BCUT2D eigenvalue weighted by Crippen LogP contribution is 2.25. The highest BCUT2D eigenvalue weighted by Gasteiger charge is 2.16. The van der Waals surface area contributed by atoms with Crippen LogP contribution in [0.25, 0.3) is 6.08 Å². The lowest BCUT2D eigenvalue weighted by Crippen LogP contribution is -2.19. The summed E-state index contributed by atoms with van der Waals surface area (Å²) < 4.78 is 0. The number of carbonyl (C=O) groups excluding carboxylic acids is 2. The lowest BCUT2D eigenvalue weighted by atomic mass is 9.97. The van der Waals surface area contributed by atoms with E-state index in [9.17, 15) is 9.59 Å². The molecule has 0 aliphatic carbocycles. The first-order chi connectivity index (χ1) is 13.1. The summed E-state index contributed by atoms with van der Waals surface area (Å²) in [5.41, 5.74) is 11.6. The molecule has 1 fully saturated rings. The van der Waals surface area contributed by atoms with Gasteiger partial charge in [-0.1, -0.05) is 24.3 Å². The van der Waals surface area contributed by atoms with E-state index in [2.05, 4.69) is 11.0 Å². The third-order valence-electron chi connectivity index (χ3n) is 4.74. The maximum Gasteiger partial charge on any atom is 0.267 e. The largest absolute Gasteiger partial charge is 0.372 e. The zero-order valence-electron chi connectivity index (χ0n) is 15.0. The SMILES string of the molecule is NC(=O)c1ccc(N2CCCC2)cc1Cc1ccc(C=CC(=O)NO)cc1. The molecule has 0 saturated carbocycles. The van der Waals surface area contributed by atoms with Crippen LogP contribution in [0, 0.1) is 0 Å². The summed E-state index contributed by atoms with van der Waals surface area (Å²) >= 11 is 0. The van der Waals surface area contributed by atoms with Gasteiger partial charge in [0.15, 0.2) is 0 Å². The second-order valence-electron chi connectivity index (χ2n) is 6.63. The van der Waals surface area contributed by atoms with Gasteiger partial charge in [0.25, 0.3) is 5.91 Å². The molecule has 0 spiro atoms. The van der Waals surface area contributed by atoms with E-state index in [4.69, 9.17) is 10.9 Å². The van der Waals surface area contributed by atoms with Crippen LogP contribution in [-0.4, -0.2) is 30.1 Å². The maximum absolute atomic E-state index is 11.8. The number of rotatable bonds is 6. The third-order valence-corrected chi connectivity index (χ3v) is 4.74. The van der Waals surface area contributed by atoms with Crippen molar-refractivity contribution < 1.29 is 14.8 Å². The third kappa shape index (κ3) is 4.74. The summed E-state index contributed by atoms with van der Waals surface area (Å²) in [4.78, 5) is 25.2. The predicted molar refractivity (Wildman–Crippen MR) is 105 cm³/mol. The van der Waals surface area contributed by atoms with E-state index >= 15 is 0 Å². The average Bonchev–Trinajstić information content (AvgIpc) is 3.21. The highest BCUT2D eigenvalue weighted by molar-refractivity contribution is 5.95. The molecule has 0 aromatic heterocycles. The van der Waals surface area contributed by atoms with Gasteiger partial charge in [-0.25, -0.2) is 5.48 Å². The number of anilines is 1. The Morgan fingerprint density at radius 3 is 2.44 bits per heavy atom. The van der Waals surface area contributed by atoms with Crippen molar-refractivity contribution in [2.24, 2.45) is 5.73 Å². The van der Waals surface area contributed by atoms with E-state index in [1.54, 1.807) is 11.6 Å². The molecule has 6 heteroatoms. The molecular formula is C21H23N3O3. The van der Waals surface area contributed by atoms with Gasteiger partial charge in [0.1, 0.15) is 0 Å². The normalized spacial score (nSPS) is 13.9. The standard InChI is InChI=1S/C21H23N3O3/c22-21(26)19-9-8-18(24-11-1-2-12-24)14-17(19)13-16-5-3-15(4-6-16)7-10-20(25)23-27/h3-10,14,27H,1-2,11-13H2,(H2,22,26)(H,23,25). The summed E-state index contributed by atoms with van der Waals surface area (Å²) in [7, 11) is 0. The number of primary amides is 1. The molecule has 0 unspecified atom stereocenters. The van der Waals surface area contributed by atoms with Crippen LogP contribution in [0.3, 0.4) is 0 Å². The Morgan fingerprint density at radius 2 is 1.81 bits per heavy atom. The Labute approximate surface area is 158 Å². The molecule has 0 radical (unpaired) electrons. The summed E-state index contributed by atoms with van der Waals surface area (Å²) in [6.07, 6.45) is 5.84. The monoisotopic (exact) mass is 365 g/mol. The summed E-state index contributed by atoms with van der Waals surface area (Å²) in [5, 5.41) is 8.50. The first-order valence-electron chi connectivity index (χ1n) is 8.95. The van der Waals surface area contributed by atoms with Crippen LogP contribution in [0.4, 0.5) is 5.69 Å². The van der Waals surface area contributed by atoms with Crippen LogP contribution in [0.5, 0.6) is 0 Å². The zero-order chi connectivity index (χ0) is 19.2. The number of hydrogen-bond donors (Lipinski definition) is 3. The van der Waals surface area contributed by atoms with Crippen molar-refractivity contribution in [3.63, 3.8) is 0 Å². The number of benzene rings is 2. The lowest BCUT2D eigenvalue weighted by Gasteiger charge is -2.19. The Bertz CT molecular complexity index is 853. The van der Waals surface area contributed by atoms with Gasteiger partial charge in [0, 0.05) is 30.4 Å². The molecule has 2 aromatic rings. The molecule has 1 aliphatic rings. The molecule has 4 N–H and O–H groups in total. The topological polar surface area (TPSA) is 95.7 Å². The van der Waals surface area contributed by atoms with Gasteiger partial charge in [0.2, 0.25) is 5.91 Å². The Kier molecular flexibility index (Phi) is 5.88. The fourth-order valence-corrected chi connectivity index (χ4v) is 3.31. The minimum atomic E-state index is -0.580. The van der Waals surface area contributed by atoms with Gasteiger partial charge in [-0.2, -0.15) is 0 Å². The second kappa shape index (κ2) is 8.51.